The van der Waals surface area contributed by atoms with Gasteiger partial charge in [-0.2, -0.15) is 4.31 Å². The Morgan fingerprint density at radius 3 is 2.26 bits per heavy atom. The number of benzene rings is 2. The van der Waals surface area contributed by atoms with Crippen molar-refractivity contribution < 1.29 is 27.4 Å². The standard InChI is InChI=1S/C19H19FN4O6S/c20-15-3-1-13(2-4-15)18(21)22-30-19(25)14-9-11-23(12-10-14)31(28,29)17-7-5-16(6-8-17)24(26)27/h1-8,14H,9-12H2,(H2,21,22). The molecule has 31 heavy (non-hydrogen) atoms. The van der Waals surface area contributed by atoms with Crippen molar-refractivity contribution >= 4 is 27.5 Å². The first kappa shape index (κ1) is 22.3. The van der Waals surface area contributed by atoms with Crippen LogP contribution in [0.3, 0.4) is 0 Å². The second-order valence-electron chi connectivity index (χ2n) is 6.82. The Kier molecular flexibility index (Phi) is 6.61. The van der Waals surface area contributed by atoms with E-state index in [1.165, 1.54) is 40.7 Å². The van der Waals surface area contributed by atoms with Crippen molar-refractivity contribution in [1.82, 2.24) is 4.31 Å². The molecule has 164 valence electrons. The lowest BCUT2D eigenvalue weighted by Gasteiger charge is -2.29. The lowest BCUT2D eigenvalue weighted by molar-refractivity contribution is -0.384. The zero-order valence-corrected chi connectivity index (χ0v) is 17.0. The Hall–Kier alpha value is -3.38. The first-order valence-corrected chi connectivity index (χ1v) is 10.7. The Balaban J connectivity index is 1.58. The number of nitrogens with zero attached hydrogens (tertiary/aromatic N) is 3. The predicted molar refractivity (Wildman–Crippen MR) is 108 cm³/mol. The molecule has 2 aromatic rings. The third-order valence-electron chi connectivity index (χ3n) is 4.85. The topological polar surface area (TPSA) is 145 Å². The van der Waals surface area contributed by atoms with Crippen LogP contribution in [0.5, 0.6) is 0 Å². The van der Waals surface area contributed by atoms with Gasteiger partial charge >= 0.3 is 5.97 Å². The molecule has 1 heterocycles. The highest BCUT2D eigenvalue weighted by Crippen LogP contribution is 2.26. The van der Waals surface area contributed by atoms with Crippen LogP contribution < -0.4 is 5.73 Å². The lowest BCUT2D eigenvalue weighted by atomic mass is 9.99. The van der Waals surface area contributed by atoms with Crippen LogP contribution in [0.25, 0.3) is 0 Å². The third kappa shape index (κ3) is 5.22. The molecule has 1 saturated heterocycles. The molecule has 0 aromatic heterocycles. The summed E-state index contributed by atoms with van der Waals surface area (Å²) < 4.78 is 39.6. The molecule has 1 aliphatic heterocycles. The maximum atomic E-state index is 12.9. The number of piperidine rings is 1. The van der Waals surface area contributed by atoms with Crippen LogP contribution in [0, 0.1) is 21.8 Å². The molecule has 0 spiro atoms. The zero-order valence-electron chi connectivity index (χ0n) is 16.2. The average Bonchev–Trinajstić information content (AvgIpc) is 2.77. The molecular formula is C19H19FN4O6S. The summed E-state index contributed by atoms with van der Waals surface area (Å²) in [6.07, 6.45) is 0.439. The van der Waals surface area contributed by atoms with E-state index in [1.54, 1.807) is 0 Å². The van der Waals surface area contributed by atoms with Gasteiger partial charge in [-0.3, -0.25) is 10.1 Å². The lowest BCUT2D eigenvalue weighted by Crippen LogP contribution is -2.40. The van der Waals surface area contributed by atoms with Gasteiger partial charge in [0.2, 0.25) is 10.0 Å². The Labute approximate surface area is 177 Å². The highest BCUT2D eigenvalue weighted by molar-refractivity contribution is 7.89. The summed E-state index contributed by atoms with van der Waals surface area (Å²) in [7, 11) is -3.84. The molecule has 2 aromatic carbocycles. The summed E-state index contributed by atoms with van der Waals surface area (Å²) in [5.41, 5.74) is 5.90. The number of amidine groups is 1. The minimum Gasteiger partial charge on any atom is -0.380 e. The van der Waals surface area contributed by atoms with Gasteiger partial charge in [-0.05, 0) is 49.2 Å². The molecule has 0 aliphatic carbocycles. The van der Waals surface area contributed by atoms with Crippen molar-refractivity contribution in [3.8, 4) is 0 Å². The highest BCUT2D eigenvalue weighted by atomic mass is 32.2. The van der Waals surface area contributed by atoms with Gasteiger partial charge in [0.1, 0.15) is 5.82 Å². The maximum absolute atomic E-state index is 12.9. The molecule has 3 rings (SSSR count). The fraction of sp³-hybridized carbons (Fsp3) is 0.263. The van der Waals surface area contributed by atoms with Gasteiger partial charge < -0.3 is 10.6 Å². The molecule has 0 radical (unpaired) electrons. The number of sulfonamides is 1. The fourth-order valence-electron chi connectivity index (χ4n) is 3.06. The van der Waals surface area contributed by atoms with Gasteiger partial charge in [0, 0.05) is 30.8 Å². The number of halogens is 1. The van der Waals surface area contributed by atoms with Crippen molar-refractivity contribution in [2.24, 2.45) is 16.8 Å². The Morgan fingerprint density at radius 1 is 1.13 bits per heavy atom. The molecular weight excluding hydrogens is 431 g/mol. The maximum Gasteiger partial charge on any atom is 0.338 e. The number of nitro benzene ring substituents is 1. The van der Waals surface area contributed by atoms with Crippen LogP contribution in [-0.2, 0) is 19.7 Å². The number of rotatable bonds is 6. The molecule has 1 aliphatic rings. The molecule has 0 atom stereocenters. The number of hydrogen-bond acceptors (Lipinski definition) is 7. The summed E-state index contributed by atoms with van der Waals surface area (Å²) in [6, 6.07) is 9.79. The van der Waals surface area contributed by atoms with E-state index in [2.05, 4.69) is 5.16 Å². The number of nitro groups is 1. The minimum atomic E-state index is -3.84. The first-order chi connectivity index (χ1) is 14.7. The monoisotopic (exact) mass is 450 g/mol. The normalized spacial score (nSPS) is 16.1. The quantitative estimate of drug-likeness (QED) is 0.233. The smallest absolute Gasteiger partial charge is 0.338 e. The van der Waals surface area contributed by atoms with Gasteiger partial charge in [0.05, 0.1) is 15.7 Å². The van der Waals surface area contributed by atoms with E-state index >= 15 is 0 Å². The highest BCUT2D eigenvalue weighted by Gasteiger charge is 2.33. The van der Waals surface area contributed by atoms with E-state index in [9.17, 15) is 27.7 Å². The summed E-state index contributed by atoms with van der Waals surface area (Å²) >= 11 is 0. The van der Waals surface area contributed by atoms with Crippen molar-refractivity contribution in [2.75, 3.05) is 13.1 Å². The molecule has 0 unspecified atom stereocenters. The van der Waals surface area contributed by atoms with Gasteiger partial charge in [-0.1, -0.05) is 5.16 Å². The molecule has 2 N–H and O–H groups in total. The molecule has 12 heteroatoms. The van der Waals surface area contributed by atoms with Crippen molar-refractivity contribution in [2.45, 2.75) is 17.7 Å². The van der Waals surface area contributed by atoms with Crippen molar-refractivity contribution in [3.05, 3.63) is 70.0 Å². The zero-order chi connectivity index (χ0) is 22.6. The van der Waals surface area contributed by atoms with E-state index < -0.39 is 32.7 Å². The van der Waals surface area contributed by atoms with E-state index in [0.717, 1.165) is 12.1 Å². The second-order valence-corrected chi connectivity index (χ2v) is 8.76. The average molecular weight is 450 g/mol. The van der Waals surface area contributed by atoms with Crippen LogP contribution in [0.2, 0.25) is 0 Å². The largest absolute Gasteiger partial charge is 0.380 e. The number of carbonyl (C=O) groups is 1. The number of hydrogen-bond donors (Lipinski definition) is 1. The SMILES string of the molecule is N/C(=N\OC(=O)C1CCN(S(=O)(=O)c2ccc([N+](=O)[O-])cc2)CC1)c1ccc(F)cc1. The fourth-order valence-corrected chi connectivity index (χ4v) is 4.53. The van der Waals surface area contributed by atoms with Crippen LogP contribution in [0.1, 0.15) is 18.4 Å². The molecule has 10 nitrogen and oxygen atoms in total. The Bertz CT molecular complexity index is 1100. The van der Waals surface area contributed by atoms with E-state index in [1.807, 2.05) is 0 Å². The number of oxime groups is 1. The second kappa shape index (κ2) is 9.18. The van der Waals surface area contributed by atoms with Crippen molar-refractivity contribution in [3.63, 3.8) is 0 Å². The summed E-state index contributed by atoms with van der Waals surface area (Å²) in [4.78, 5) is 27.2. The van der Waals surface area contributed by atoms with E-state index in [0.29, 0.717) is 5.56 Å². The van der Waals surface area contributed by atoms with Gasteiger partial charge in [0.25, 0.3) is 5.69 Å². The summed E-state index contributed by atoms with van der Waals surface area (Å²) in [5, 5.41) is 14.3. The van der Waals surface area contributed by atoms with Crippen LogP contribution in [0.4, 0.5) is 10.1 Å². The number of carbonyl (C=O) groups excluding carboxylic acids is 1. The molecule has 0 bridgehead atoms. The van der Waals surface area contributed by atoms with Gasteiger partial charge in [0.15, 0.2) is 5.84 Å². The summed E-state index contributed by atoms with van der Waals surface area (Å²) in [5.74, 6) is -1.74. The Morgan fingerprint density at radius 2 is 1.71 bits per heavy atom. The van der Waals surface area contributed by atoms with E-state index in [-0.39, 0.29) is 42.3 Å². The van der Waals surface area contributed by atoms with Crippen LogP contribution >= 0.6 is 0 Å². The van der Waals surface area contributed by atoms with Crippen LogP contribution in [0.15, 0.2) is 58.6 Å². The predicted octanol–water partition coefficient (Wildman–Crippen LogP) is 2.00. The third-order valence-corrected chi connectivity index (χ3v) is 6.76. The van der Waals surface area contributed by atoms with Crippen LogP contribution in [-0.4, -0.2) is 42.5 Å². The van der Waals surface area contributed by atoms with Gasteiger partial charge in [-0.15, -0.1) is 0 Å². The van der Waals surface area contributed by atoms with E-state index in [4.69, 9.17) is 10.6 Å². The molecule has 1 fully saturated rings. The van der Waals surface area contributed by atoms with Gasteiger partial charge in [-0.25, -0.2) is 17.6 Å². The van der Waals surface area contributed by atoms with Crippen molar-refractivity contribution in [1.29, 1.82) is 0 Å². The molecule has 0 saturated carbocycles. The minimum absolute atomic E-state index is 0.0594. The number of non-ortho nitro benzene ring substituents is 1. The summed E-state index contributed by atoms with van der Waals surface area (Å²) in [6.45, 7) is 0.159. The first-order valence-electron chi connectivity index (χ1n) is 9.23. The number of nitrogens with two attached hydrogens (primary N) is 1. The molecule has 0 amide bonds.